The Kier molecular flexibility index (Phi) is 15.1. The number of hydrogen-bond donors (Lipinski definition) is 1. The summed E-state index contributed by atoms with van der Waals surface area (Å²) in [6.07, 6.45) is 19.7. The van der Waals surface area contributed by atoms with Crippen LogP contribution in [0.2, 0.25) is 0 Å². The van der Waals surface area contributed by atoms with Gasteiger partial charge in [-0.15, -0.1) is 12.3 Å². The average Bonchev–Trinajstić information content (AvgIpc) is 2.35. The van der Waals surface area contributed by atoms with Crippen LogP contribution in [0.4, 0.5) is 0 Å². The topological polar surface area (TPSA) is 12.0 Å². The highest BCUT2D eigenvalue weighted by atomic mass is 14.8. The van der Waals surface area contributed by atoms with Crippen LogP contribution in [-0.4, -0.2) is 13.1 Å². The minimum absolute atomic E-state index is 0.930. The highest BCUT2D eigenvalue weighted by Crippen LogP contribution is 2.07. The van der Waals surface area contributed by atoms with Crippen molar-refractivity contribution < 1.29 is 0 Å². The predicted molar refractivity (Wildman–Crippen MR) is 78.2 cm³/mol. The van der Waals surface area contributed by atoms with E-state index in [0.29, 0.717) is 0 Å². The van der Waals surface area contributed by atoms with Crippen molar-refractivity contribution in [3.8, 4) is 12.3 Å². The van der Waals surface area contributed by atoms with Crippen LogP contribution >= 0.6 is 0 Å². The maximum Gasteiger partial charge on any atom is 0.00865 e. The fraction of sp³-hybridized carbons (Fsp3) is 0.875. The number of nitrogens with one attached hydrogen (secondary N) is 1. The molecule has 0 aromatic carbocycles. The van der Waals surface area contributed by atoms with Crippen LogP contribution in [0.15, 0.2) is 0 Å². The first-order valence-corrected chi connectivity index (χ1v) is 7.56. The van der Waals surface area contributed by atoms with Gasteiger partial charge in [0.25, 0.3) is 0 Å². The summed E-state index contributed by atoms with van der Waals surface area (Å²) >= 11 is 0. The van der Waals surface area contributed by atoms with Gasteiger partial charge in [-0.25, -0.2) is 0 Å². The molecule has 0 fully saturated rings. The SMILES string of the molecule is C#CCCCCNCCCCCCCCCC. The Labute approximate surface area is 109 Å². The first-order valence-electron chi connectivity index (χ1n) is 7.56. The van der Waals surface area contributed by atoms with Gasteiger partial charge in [-0.3, -0.25) is 0 Å². The Morgan fingerprint density at radius 2 is 1.29 bits per heavy atom. The van der Waals surface area contributed by atoms with E-state index >= 15 is 0 Å². The third-order valence-electron chi connectivity index (χ3n) is 3.13. The molecule has 0 unspecified atom stereocenters. The van der Waals surface area contributed by atoms with Gasteiger partial charge in [0.05, 0.1) is 0 Å². The van der Waals surface area contributed by atoms with Crippen molar-refractivity contribution in [2.45, 2.75) is 77.6 Å². The maximum absolute atomic E-state index is 5.20. The third kappa shape index (κ3) is 15.5. The van der Waals surface area contributed by atoms with Crippen LogP contribution in [0.3, 0.4) is 0 Å². The molecule has 1 nitrogen and oxygen atoms in total. The number of hydrogen-bond acceptors (Lipinski definition) is 1. The molecule has 0 atom stereocenters. The quantitative estimate of drug-likeness (QED) is 0.367. The molecule has 17 heavy (non-hydrogen) atoms. The fourth-order valence-electron chi connectivity index (χ4n) is 1.99. The Bertz CT molecular complexity index is 169. The first-order chi connectivity index (χ1) is 8.41. The molecule has 0 aromatic heterocycles. The summed E-state index contributed by atoms with van der Waals surface area (Å²) in [6.45, 7) is 4.60. The molecular formula is C16H31N. The summed E-state index contributed by atoms with van der Waals surface area (Å²) in [4.78, 5) is 0. The van der Waals surface area contributed by atoms with Gasteiger partial charge in [0, 0.05) is 6.42 Å². The number of rotatable bonds is 13. The second-order valence-electron chi connectivity index (χ2n) is 4.89. The lowest BCUT2D eigenvalue weighted by atomic mass is 10.1. The zero-order valence-electron chi connectivity index (χ0n) is 11.8. The fourth-order valence-corrected chi connectivity index (χ4v) is 1.99. The van der Waals surface area contributed by atoms with Crippen LogP contribution in [0, 0.1) is 12.3 Å². The van der Waals surface area contributed by atoms with Gasteiger partial charge in [0.2, 0.25) is 0 Å². The van der Waals surface area contributed by atoms with Gasteiger partial charge >= 0.3 is 0 Å². The van der Waals surface area contributed by atoms with Gasteiger partial charge < -0.3 is 5.32 Å². The van der Waals surface area contributed by atoms with E-state index in [4.69, 9.17) is 6.42 Å². The van der Waals surface area contributed by atoms with Crippen LogP contribution in [0.25, 0.3) is 0 Å². The lowest BCUT2D eigenvalue weighted by Gasteiger charge is -2.04. The molecule has 0 spiro atoms. The average molecular weight is 237 g/mol. The van der Waals surface area contributed by atoms with Crippen molar-refractivity contribution >= 4 is 0 Å². The Morgan fingerprint density at radius 1 is 0.765 bits per heavy atom. The highest BCUT2D eigenvalue weighted by Gasteiger charge is 1.92. The van der Waals surface area contributed by atoms with Gasteiger partial charge in [0.1, 0.15) is 0 Å². The summed E-state index contributed by atoms with van der Waals surface area (Å²) in [5.74, 6) is 2.68. The third-order valence-corrected chi connectivity index (χ3v) is 3.13. The molecule has 0 aliphatic carbocycles. The van der Waals surface area contributed by atoms with Crippen LogP contribution in [0.1, 0.15) is 77.6 Å². The van der Waals surface area contributed by atoms with Crippen LogP contribution in [0.5, 0.6) is 0 Å². The van der Waals surface area contributed by atoms with E-state index in [-0.39, 0.29) is 0 Å². The summed E-state index contributed by atoms with van der Waals surface area (Å²) in [5, 5.41) is 3.49. The van der Waals surface area contributed by atoms with Gasteiger partial charge in [0.15, 0.2) is 0 Å². The second-order valence-corrected chi connectivity index (χ2v) is 4.89. The molecule has 0 saturated carbocycles. The van der Waals surface area contributed by atoms with E-state index in [0.717, 1.165) is 13.0 Å². The molecule has 0 aliphatic heterocycles. The minimum Gasteiger partial charge on any atom is -0.317 e. The Balaban J connectivity index is 2.87. The smallest absolute Gasteiger partial charge is 0.00865 e. The van der Waals surface area contributed by atoms with Crippen LogP contribution in [-0.2, 0) is 0 Å². The van der Waals surface area contributed by atoms with E-state index in [1.54, 1.807) is 0 Å². The lowest BCUT2D eigenvalue weighted by molar-refractivity contribution is 0.548. The van der Waals surface area contributed by atoms with E-state index in [2.05, 4.69) is 18.2 Å². The van der Waals surface area contributed by atoms with E-state index in [1.807, 2.05) is 0 Å². The molecule has 0 radical (unpaired) electrons. The summed E-state index contributed by atoms with van der Waals surface area (Å²) < 4.78 is 0. The molecular weight excluding hydrogens is 206 g/mol. The summed E-state index contributed by atoms with van der Waals surface area (Å²) in [5.41, 5.74) is 0. The van der Waals surface area contributed by atoms with E-state index < -0.39 is 0 Å². The zero-order valence-corrected chi connectivity index (χ0v) is 11.8. The lowest BCUT2D eigenvalue weighted by Crippen LogP contribution is -2.16. The zero-order chi connectivity index (χ0) is 12.6. The van der Waals surface area contributed by atoms with Crippen molar-refractivity contribution in [1.29, 1.82) is 0 Å². The molecule has 0 saturated heterocycles. The van der Waals surface area contributed by atoms with Crippen molar-refractivity contribution in [2.75, 3.05) is 13.1 Å². The largest absolute Gasteiger partial charge is 0.317 e. The summed E-state index contributed by atoms with van der Waals surface area (Å²) in [6, 6.07) is 0. The van der Waals surface area contributed by atoms with Crippen molar-refractivity contribution in [3.63, 3.8) is 0 Å². The van der Waals surface area contributed by atoms with Gasteiger partial charge in [-0.2, -0.15) is 0 Å². The molecule has 1 N–H and O–H groups in total. The molecule has 0 amide bonds. The molecule has 0 aromatic rings. The number of unbranched alkanes of at least 4 members (excludes halogenated alkanes) is 9. The Morgan fingerprint density at radius 3 is 1.88 bits per heavy atom. The molecule has 0 rings (SSSR count). The Hall–Kier alpha value is -0.480. The summed E-state index contributed by atoms with van der Waals surface area (Å²) in [7, 11) is 0. The van der Waals surface area contributed by atoms with Crippen molar-refractivity contribution in [2.24, 2.45) is 0 Å². The van der Waals surface area contributed by atoms with Crippen molar-refractivity contribution in [3.05, 3.63) is 0 Å². The molecule has 0 aliphatic rings. The monoisotopic (exact) mass is 237 g/mol. The minimum atomic E-state index is 0.930. The standard InChI is InChI=1S/C16H31N/c1-3-5-7-9-10-11-12-14-16-17-15-13-8-6-4-2/h2,17H,3,5-16H2,1H3. The van der Waals surface area contributed by atoms with E-state index in [9.17, 15) is 0 Å². The first kappa shape index (κ1) is 16.5. The second kappa shape index (κ2) is 15.5. The van der Waals surface area contributed by atoms with Gasteiger partial charge in [-0.05, 0) is 32.4 Å². The van der Waals surface area contributed by atoms with E-state index in [1.165, 1.54) is 70.8 Å². The molecule has 100 valence electrons. The normalized spacial score (nSPS) is 10.4. The molecule has 0 heterocycles. The van der Waals surface area contributed by atoms with Crippen molar-refractivity contribution in [1.82, 2.24) is 5.32 Å². The number of terminal acetylenes is 1. The molecule has 0 bridgehead atoms. The van der Waals surface area contributed by atoms with Gasteiger partial charge in [-0.1, -0.05) is 51.9 Å². The predicted octanol–water partition coefficient (Wildman–Crippen LogP) is 4.52. The van der Waals surface area contributed by atoms with Crippen LogP contribution < -0.4 is 5.32 Å². The highest BCUT2D eigenvalue weighted by molar-refractivity contribution is 4.82. The maximum atomic E-state index is 5.20. The molecule has 1 heteroatoms.